The minimum atomic E-state index is -0.00181. The second kappa shape index (κ2) is 6.54. The molecule has 4 nitrogen and oxygen atoms in total. The molecular formula is C16H21N3OS. The van der Waals surface area contributed by atoms with Gasteiger partial charge in [-0.2, -0.15) is 0 Å². The van der Waals surface area contributed by atoms with Crippen LogP contribution < -0.4 is 16.0 Å². The molecular weight excluding hydrogens is 282 g/mol. The summed E-state index contributed by atoms with van der Waals surface area (Å²) in [6, 6.07) is 8.45. The Labute approximate surface area is 129 Å². The lowest BCUT2D eigenvalue weighted by Crippen LogP contribution is -2.39. The SMILES string of the molecule is CC1=C(c2ccc(CNC(=O)[C@@H]3CCCN3)cc2)SCN1. The van der Waals surface area contributed by atoms with Gasteiger partial charge in [0, 0.05) is 17.1 Å². The monoisotopic (exact) mass is 303 g/mol. The van der Waals surface area contributed by atoms with Crippen LogP contribution in [0.1, 0.15) is 30.9 Å². The molecule has 1 aromatic carbocycles. The lowest BCUT2D eigenvalue weighted by Gasteiger charge is -2.11. The van der Waals surface area contributed by atoms with Crippen molar-refractivity contribution in [3.05, 3.63) is 41.1 Å². The van der Waals surface area contributed by atoms with Crippen LogP contribution in [0, 0.1) is 0 Å². The van der Waals surface area contributed by atoms with Crippen molar-refractivity contribution < 1.29 is 4.79 Å². The number of hydrogen-bond donors (Lipinski definition) is 3. The van der Waals surface area contributed by atoms with Crippen LogP contribution >= 0.6 is 11.8 Å². The van der Waals surface area contributed by atoms with Crippen molar-refractivity contribution in [2.75, 3.05) is 12.4 Å². The van der Waals surface area contributed by atoms with E-state index in [0.717, 1.165) is 30.8 Å². The molecule has 112 valence electrons. The van der Waals surface area contributed by atoms with Crippen LogP contribution in [0.3, 0.4) is 0 Å². The topological polar surface area (TPSA) is 53.2 Å². The van der Waals surface area contributed by atoms with Gasteiger partial charge in [0.15, 0.2) is 0 Å². The first kappa shape index (κ1) is 14.5. The van der Waals surface area contributed by atoms with E-state index < -0.39 is 0 Å². The number of carbonyl (C=O) groups is 1. The van der Waals surface area contributed by atoms with Crippen LogP contribution in [0.4, 0.5) is 0 Å². The molecule has 2 aliphatic heterocycles. The Bertz CT molecular complexity index is 547. The van der Waals surface area contributed by atoms with Crippen molar-refractivity contribution >= 4 is 22.6 Å². The molecule has 0 spiro atoms. The number of hydrogen-bond acceptors (Lipinski definition) is 4. The van der Waals surface area contributed by atoms with Crippen molar-refractivity contribution in [3.8, 4) is 0 Å². The number of thioether (sulfide) groups is 1. The summed E-state index contributed by atoms with van der Waals surface area (Å²) in [5.74, 6) is 1.07. The third-order valence-corrected chi connectivity index (χ3v) is 5.07. The molecule has 1 fully saturated rings. The smallest absolute Gasteiger partial charge is 0.237 e. The predicted octanol–water partition coefficient (Wildman–Crippen LogP) is 2.04. The van der Waals surface area contributed by atoms with Gasteiger partial charge in [-0.05, 0) is 37.4 Å². The third kappa shape index (κ3) is 3.41. The average molecular weight is 303 g/mol. The highest BCUT2D eigenvalue weighted by molar-refractivity contribution is 8.08. The average Bonchev–Trinajstić information content (AvgIpc) is 3.17. The molecule has 1 saturated heterocycles. The zero-order valence-electron chi connectivity index (χ0n) is 12.2. The predicted molar refractivity (Wildman–Crippen MR) is 87.5 cm³/mol. The summed E-state index contributed by atoms with van der Waals surface area (Å²) in [7, 11) is 0. The first-order chi connectivity index (χ1) is 10.2. The molecule has 3 rings (SSSR count). The molecule has 1 aromatic rings. The fourth-order valence-electron chi connectivity index (χ4n) is 2.70. The maximum atomic E-state index is 11.9. The van der Waals surface area contributed by atoms with Gasteiger partial charge in [0.05, 0.1) is 11.9 Å². The van der Waals surface area contributed by atoms with Gasteiger partial charge in [-0.3, -0.25) is 4.79 Å². The van der Waals surface area contributed by atoms with E-state index in [1.807, 2.05) is 11.8 Å². The molecule has 0 saturated carbocycles. The second-order valence-electron chi connectivity index (χ2n) is 5.48. The maximum Gasteiger partial charge on any atom is 0.237 e. The molecule has 0 aliphatic carbocycles. The van der Waals surface area contributed by atoms with Crippen LogP contribution in [0.15, 0.2) is 30.0 Å². The third-order valence-electron chi connectivity index (χ3n) is 3.95. The summed E-state index contributed by atoms with van der Waals surface area (Å²) >= 11 is 1.83. The van der Waals surface area contributed by atoms with Gasteiger partial charge in [0.1, 0.15) is 0 Å². The standard InChI is InChI=1S/C16H21N3OS/c1-11-15(21-10-19-11)13-6-4-12(5-7-13)9-18-16(20)14-3-2-8-17-14/h4-7,14,17,19H,2-3,8-10H2,1H3,(H,18,20)/t14-/m0/s1. The Morgan fingerprint density at radius 3 is 2.81 bits per heavy atom. The molecule has 1 atom stereocenters. The zero-order chi connectivity index (χ0) is 14.7. The molecule has 0 radical (unpaired) electrons. The van der Waals surface area contributed by atoms with Crippen LogP contribution in [0.5, 0.6) is 0 Å². The lowest BCUT2D eigenvalue weighted by molar-refractivity contribution is -0.122. The Kier molecular flexibility index (Phi) is 4.51. The number of rotatable bonds is 4. The van der Waals surface area contributed by atoms with E-state index in [1.54, 1.807) is 0 Å². The fraction of sp³-hybridized carbons (Fsp3) is 0.438. The first-order valence-electron chi connectivity index (χ1n) is 7.42. The summed E-state index contributed by atoms with van der Waals surface area (Å²) in [5, 5.41) is 9.56. The number of amides is 1. The van der Waals surface area contributed by atoms with Crippen molar-refractivity contribution in [2.45, 2.75) is 32.4 Å². The summed E-state index contributed by atoms with van der Waals surface area (Å²) in [5.41, 5.74) is 3.63. The van der Waals surface area contributed by atoms with Crippen molar-refractivity contribution in [3.63, 3.8) is 0 Å². The molecule has 3 N–H and O–H groups in total. The summed E-state index contributed by atoms with van der Waals surface area (Å²) in [6.07, 6.45) is 2.04. The summed E-state index contributed by atoms with van der Waals surface area (Å²) < 4.78 is 0. The van der Waals surface area contributed by atoms with Gasteiger partial charge >= 0.3 is 0 Å². The van der Waals surface area contributed by atoms with Gasteiger partial charge in [0.25, 0.3) is 0 Å². The van der Waals surface area contributed by atoms with Crippen molar-refractivity contribution in [1.29, 1.82) is 0 Å². The van der Waals surface area contributed by atoms with Crippen LogP contribution in [0.25, 0.3) is 4.91 Å². The molecule has 0 unspecified atom stereocenters. The van der Waals surface area contributed by atoms with E-state index in [9.17, 15) is 4.79 Å². The number of allylic oxidation sites excluding steroid dienone is 1. The summed E-state index contributed by atoms with van der Waals surface area (Å²) in [4.78, 5) is 13.3. The molecule has 21 heavy (non-hydrogen) atoms. The molecule has 2 heterocycles. The van der Waals surface area contributed by atoms with Crippen LogP contribution in [-0.2, 0) is 11.3 Å². The van der Waals surface area contributed by atoms with Gasteiger partial charge in [-0.15, -0.1) is 11.8 Å². The lowest BCUT2D eigenvalue weighted by atomic mass is 10.1. The molecule has 0 bridgehead atoms. The second-order valence-corrected chi connectivity index (χ2v) is 6.47. The van der Waals surface area contributed by atoms with Crippen molar-refractivity contribution in [2.24, 2.45) is 0 Å². The van der Waals surface area contributed by atoms with Crippen LogP contribution in [0.2, 0.25) is 0 Å². The van der Waals surface area contributed by atoms with E-state index >= 15 is 0 Å². The van der Waals surface area contributed by atoms with E-state index in [2.05, 4.69) is 47.1 Å². The first-order valence-corrected chi connectivity index (χ1v) is 8.40. The zero-order valence-corrected chi connectivity index (χ0v) is 13.1. The van der Waals surface area contributed by atoms with Gasteiger partial charge in [-0.1, -0.05) is 24.3 Å². The molecule has 5 heteroatoms. The molecule has 2 aliphatic rings. The largest absolute Gasteiger partial charge is 0.378 e. The van der Waals surface area contributed by atoms with Crippen molar-refractivity contribution in [1.82, 2.24) is 16.0 Å². The Morgan fingerprint density at radius 2 is 2.19 bits per heavy atom. The van der Waals surface area contributed by atoms with Gasteiger partial charge < -0.3 is 16.0 Å². The van der Waals surface area contributed by atoms with E-state index in [-0.39, 0.29) is 11.9 Å². The van der Waals surface area contributed by atoms with Crippen LogP contribution in [-0.4, -0.2) is 24.4 Å². The highest BCUT2D eigenvalue weighted by atomic mass is 32.2. The molecule has 0 aromatic heterocycles. The van der Waals surface area contributed by atoms with E-state index in [4.69, 9.17) is 0 Å². The maximum absolute atomic E-state index is 11.9. The Balaban J connectivity index is 1.57. The normalized spacial score (nSPS) is 21.5. The molecule has 1 amide bonds. The Hall–Kier alpha value is -1.46. The van der Waals surface area contributed by atoms with Gasteiger partial charge in [-0.25, -0.2) is 0 Å². The quantitative estimate of drug-likeness (QED) is 0.797. The number of benzene rings is 1. The number of carbonyl (C=O) groups excluding carboxylic acids is 1. The minimum absolute atomic E-state index is 0.00181. The highest BCUT2D eigenvalue weighted by Crippen LogP contribution is 2.33. The Morgan fingerprint density at radius 1 is 1.38 bits per heavy atom. The van der Waals surface area contributed by atoms with Gasteiger partial charge in [0.2, 0.25) is 5.91 Å². The van der Waals surface area contributed by atoms with E-state index in [1.165, 1.54) is 16.2 Å². The minimum Gasteiger partial charge on any atom is -0.378 e. The number of nitrogens with one attached hydrogen (secondary N) is 3. The fourth-order valence-corrected chi connectivity index (χ4v) is 3.72. The summed E-state index contributed by atoms with van der Waals surface area (Å²) in [6.45, 7) is 3.66. The highest BCUT2D eigenvalue weighted by Gasteiger charge is 2.21. The van der Waals surface area contributed by atoms with E-state index in [0.29, 0.717) is 6.54 Å².